The van der Waals surface area contributed by atoms with Gasteiger partial charge in [0.2, 0.25) is 10.0 Å². The average Bonchev–Trinajstić information content (AvgIpc) is 3.19. The van der Waals surface area contributed by atoms with Crippen molar-refractivity contribution < 1.29 is 13.2 Å². The Morgan fingerprint density at radius 2 is 1.89 bits per heavy atom. The van der Waals surface area contributed by atoms with Crippen molar-refractivity contribution in [2.75, 3.05) is 37.6 Å². The van der Waals surface area contributed by atoms with Crippen LogP contribution in [0, 0.1) is 0 Å². The second kappa shape index (κ2) is 9.26. The molecule has 1 amide bonds. The number of hydrogen-bond donors (Lipinski definition) is 1. The van der Waals surface area contributed by atoms with Gasteiger partial charge in [-0.05, 0) is 30.0 Å². The Hall–Kier alpha value is -1.61. The minimum atomic E-state index is -3.72. The number of halogens is 1. The maximum Gasteiger partial charge on any atom is 0.262 e. The lowest BCUT2D eigenvalue weighted by Gasteiger charge is -2.35. The van der Waals surface area contributed by atoms with Crippen LogP contribution in [-0.2, 0) is 10.0 Å². The topological polar surface area (TPSA) is 69.7 Å². The number of piperazine rings is 1. The SMILES string of the molecule is CCCCNC(=O)c1sccc1S(=O)(=O)N1CCN(c2ccccc2Cl)CC1. The van der Waals surface area contributed by atoms with Crippen LogP contribution in [0.1, 0.15) is 29.4 Å². The van der Waals surface area contributed by atoms with E-state index in [1.165, 1.54) is 10.4 Å². The normalized spacial score (nSPS) is 15.6. The maximum atomic E-state index is 13.1. The molecule has 1 aliphatic heterocycles. The zero-order valence-electron chi connectivity index (χ0n) is 15.7. The van der Waals surface area contributed by atoms with Crippen molar-refractivity contribution in [3.63, 3.8) is 0 Å². The summed E-state index contributed by atoms with van der Waals surface area (Å²) in [6, 6.07) is 9.07. The van der Waals surface area contributed by atoms with Crippen LogP contribution < -0.4 is 10.2 Å². The number of anilines is 1. The van der Waals surface area contributed by atoms with E-state index in [1.807, 2.05) is 31.2 Å². The van der Waals surface area contributed by atoms with E-state index in [1.54, 1.807) is 5.38 Å². The number of benzene rings is 1. The Bertz CT molecular complexity index is 922. The Morgan fingerprint density at radius 3 is 2.57 bits per heavy atom. The molecule has 0 spiro atoms. The fraction of sp³-hybridized carbons (Fsp3) is 0.421. The largest absolute Gasteiger partial charge is 0.368 e. The van der Waals surface area contributed by atoms with Gasteiger partial charge in [-0.15, -0.1) is 11.3 Å². The molecule has 6 nitrogen and oxygen atoms in total. The van der Waals surface area contributed by atoms with Gasteiger partial charge in [-0.2, -0.15) is 4.31 Å². The number of para-hydroxylation sites is 1. The van der Waals surface area contributed by atoms with Crippen LogP contribution >= 0.6 is 22.9 Å². The van der Waals surface area contributed by atoms with Crippen molar-refractivity contribution in [1.29, 1.82) is 0 Å². The van der Waals surface area contributed by atoms with E-state index in [2.05, 4.69) is 10.2 Å². The van der Waals surface area contributed by atoms with Crippen molar-refractivity contribution in [2.45, 2.75) is 24.7 Å². The molecular formula is C19H24ClN3O3S2. The second-order valence-electron chi connectivity index (χ2n) is 6.57. The van der Waals surface area contributed by atoms with Crippen molar-refractivity contribution in [3.05, 3.63) is 45.6 Å². The molecule has 1 N–H and O–H groups in total. The van der Waals surface area contributed by atoms with Crippen LogP contribution in [0.2, 0.25) is 5.02 Å². The fourth-order valence-electron chi connectivity index (χ4n) is 3.14. The van der Waals surface area contributed by atoms with E-state index < -0.39 is 10.0 Å². The van der Waals surface area contributed by atoms with Gasteiger partial charge < -0.3 is 10.2 Å². The average molecular weight is 442 g/mol. The zero-order chi connectivity index (χ0) is 20.1. The summed E-state index contributed by atoms with van der Waals surface area (Å²) >= 11 is 7.42. The van der Waals surface area contributed by atoms with Crippen molar-refractivity contribution in [2.24, 2.45) is 0 Å². The molecule has 0 aliphatic carbocycles. The van der Waals surface area contributed by atoms with Gasteiger partial charge >= 0.3 is 0 Å². The first kappa shape index (κ1) is 21.1. The van der Waals surface area contributed by atoms with Gasteiger partial charge in [0, 0.05) is 32.7 Å². The number of thiophene rings is 1. The number of unbranched alkanes of at least 4 members (excludes halogenated alkanes) is 1. The van der Waals surface area contributed by atoms with Crippen LogP contribution in [0.25, 0.3) is 0 Å². The molecule has 0 bridgehead atoms. The quantitative estimate of drug-likeness (QED) is 0.668. The summed E-state index contributed by atoms with van der Waals surface area (Å²) in [5.74, 6) is -0.322. The maximum absolute atomic E-state index is 13.1. The molecule has 1 aromatic heterocycles. The van der Waals surface area contributed by atoms with Crippen LogP contribution in [0.5, 0.6) is 0 Å². The molecule has 0 saturated carbocycles. The molecular weight excluding hydrogens is 418 g/mol. The molecule has 2 aromatic rings. The third-order valence-electron chi connectivity index (χ3n) is 4.70. The van der Waals surface area contributed by atoms with Gasteiger partial charge in [0.15, 0.2) is 0 Å². The standard InChI is InChI=1S/C19H24ClN3O3S2/c1-2-3-9-21-19(24)18-17(8-14-27-18)28(25,26)23-12-10-22(11-13-23)16-7-5-4-6-15(16)20/h4-8,14H,2-3,9-13H2,1H3,(H,21,24). The first-order valence-electron chi connectivity index (χ1n) is 9.30. The third-order valence-corrected chi connectivity index (χ3v) is 8.00. The minimum Gasteiger partial charge on any atom is -0.368 e. The Balaban J connectivity index is 1.71. The lowest BCUT2D eigenvalue weighted by atomic mass is 10.2. The van der Waals surface area contributed by atoms with E-state index in [0.29, 0.717) is 37.7 Å². The second-order valence-corrected chi connectivity index (χ2v) is 9.80. The molecule has 1 aromatic carbocycles. The number of sulfonamides is 1. The summed E-state index contributed by atoms with van der Waals surface area (Å²) in [5.41, 5.74) is 0.910. The van der Waals surface area contributed by atoms with Crippen LogP contribution in [-0.4, -0.2) is 51.4 Å². The highest BCUT2D eigenvalue weighted by atomic mass is 35.5. The summed E-state index contributed by atoms with van der Waals surface area (Å²) in [4.78, 5) is 14.8. The first-order chi connectivity index (χ1) is 13.4. The van der Waals surface area contributed by atoms with E-state index in [0.717, 1.165) is 29.9 Å². The summed E-state index contributed by atoms with van der Waals surface area (Å²) in [7, 11) is -3.72. The van der Waals surface area contributed by atoms with Crippen molar-refractivity contribution in [3.8, 4) is 0 Å². The van der Waals surface area contributed by atoms with E-state index in [9.17, 15) is 13.2 Å². The molecule has 3 rings (SSSR count). The van der Waals surface area contributed by atoms with E-state index in [4.69, 9.17) is 11.6 Å². The number of rotatable bonds is 7. The lowest BCUT2D eigenvalue weighted by molar-refractivity contribution is 0.0954. The highest BCUT2D eigenvalue weighted by Crippen LogP contribution is 2.29. The zero-order valence-corrected chi connectivity index (χ0v) is 18.1. The van der Waals surface area contributed by atoms with Crippen molar-refractivity contribution in [1.82, 2.24) is 9.62 Å². The minimum absolute atomic E-state index is 0.0951. The number of nitrogens with one attached hydrogen (secondary N) is 1. The molecule has 2 heterocycles. The highest BCUT2D eigenvalue weighted by molar-refractivity contribution is 7.89. The van der Waals surface area contributed by atoms with Crippen molar-refractivity contribution >= 4 is 44.6 Å². The Labute approximate surface area is 175 Å². The molecule has 1 saturated heterocycles. The Morgan fingerprint density at radius 1 is 1.18 bits per heavy atom. The monoisotopic (exact) mass is 441 g/mol. The summed E-state index contributed by atoms with van der Waals surface area (Å²) in [6.45, 7) is 4.37. The summed E-state index contributed by atoms with van der Waals surface area (Å²) < 4.78 is 27.7. The highest BCUT2D eigenvalue weighted by Gasteiger charge is 2.32. The first-order valence-corrected chi connectivity index (χ1v) is 12.0. The Kier molecular flexibility index (Phi) is 6.98. The number of hydrogen-bond acceptors (Lipinski definition) is 5. The molecule has 28 heavy (non-hydrogen) atoms. The smallest absolute Gasteiger partial charge is 0.262 e. The molecule has 9 heteroatoms. The molecule has 0 atom stereocenters. The van der Waals surface area contributed by atoms with Gasteiger partial charge in [-0.1, -0.05) is 37.1 Å². The molecule has 1 fully saturated rings. The predicted octanol–water partition coefficient (Wildman–Crippen LogP) is 3.44. The third kappa shape index (κ3) is 4.51. The van der Waals surface area contributed by atoms with Crippen LogP contribution in [0.15, 0.2) is 40.6 Å². The van der Waals surface area contributed by atoms with Crippen LogP contribution in [0.3, 0.4) is 0 Å². The molecule has 1 aliphatic rings. The van der Waals surface area contributed by atoms with Gasteiger partial charge in [0.25, 0.3) is 5.91 Å². The molecule has 0 unspecified atom stereocenters. The van der Waals surface area contributed by atoms with E-state index in [-0.39, 0.29) is 15.7 Å². The number of carbonyl (C=O) groups excluding carboxylic acids is 1. The van der Waals surface area contributed by atoms with Gasteiger partial charge in [0.05, 0.1) is 10.7 Å². The van der Waals surface area contributed by atoms with Crippen LogP contribution in [0.4, 0.5) is 5.69 Å². The molecule has 152 valence electrons. The molecule has 0 radical (unpaired) electrons. The van der Waals surface area contributed by atoms with Gasteiger partial charge in [-0.25, -0.2) is 8.42 Å². The van der Waals surface area contributed by atoms with E-state index >= 15 is 0 Å². The summed E-state index contributed by atoms with van der Waals surface area (Å²) in [5, 5.41) is 5.11. The summed E-state index contributed by atoms with van der Waals surface area (Å²) in [6.07, 6.45) is 1.83. The number of amides is 1. The number of carbonyl (C=O) groups is 1. The fourth-order valence-corrected chi connectivity index (χ4v) is 6.14. The lowest BCUT2D eigenvalue weighted by Crippen LogP contribution is -2.49. The van der Waals surface area contributed by atoms with Gasteiger partial charge in [0.1, 0.15) is 9.77 Å². The van der Waals surface area contributed by atoms with Gasteiger partial charge in [-0.3, -0.25) is 4.79 Å². The predicted molar refractivity (Wildman–Crippen MR) is 114 cm³/mol. The number of nitrogens with zero attached hydrogens (tertiary/aromatic N) is 2.